The van der Waals surface area contributed by atoms with E-state index in [-0.39, 0.29) is 5.91 Å². The molecule has 4 heteroatoms. The number of rotatable bonds is 5. The Morgan fingerprint density at radius 3 is 2.50 bits per heavy atom. The van der Waals surface area contributed by atoms with Crippen molar-refractivity contribution in [3.63, 3.8) is 0 Å². The van der Waals surface area contributed by atoms with Crippen molar-refractivity contribution in [3.8, 4) is 11.1 Å². The Hall–Kier alpha value is -2.04. The Morgan fingerprint density at radius 1 is 1.14 bits per heavy atom. The van der Waals surface area contributed by atoms with Crippen LogP contribution in [0.2, 0.25) is 0 Å². The lowest BCUT2D eigenvalue weighted by atomic mass is 10.0. The molecule has 0 atom stereocenters. The van der Waals surface area contributed by atoms with Crippen molar-refractivity contribution in [2.45, 2.75) is 4.90 Å². The number of hydroxylamine groups is 2. The van der Waals surface area contributed by atoms with E-state index >= 15 is 0 Å². The van der Waals surface area contributed by atoms with E-state index in [0.29, 0.717) is 0 Å². The van der Waals surface area contributed by atoms with Crippen molar-refractivity contribution in [1.82, 2.24) is 5.06 Å². The fourth-order valence-electron chi connectivity index (χ4n) is 1.95. The van der Waals surface area contributed by atoms with Gasteiger partial charge >= 0.3 is 0 Å². The number of hydrogen-bond acceptors (Lipinski definition) is 3. The molecule has 2 rings (SSSR count). The minimum Gasteiger partial charge on any atom is -0.274 e. The Kier molecular flexibility index (Phi) is 5.81. The van der Waals surface area contributed by atoms with Gasteiger partial charge in [-0.3, -0.25) is 9.63 Å². The molecule has 0 saturated heterocycles. The van der Waals surface area contributed by atoms with Crippen molar-refractivity contribution in [3.05, 3.63) is 60.2 Å². The largest absolute Gasteiger partial charge is 0.274 e. The molecule has 0 bridgehead atoms. The fraction of sp³-hybridized carbons (Fsp3) is 0.167. The molecule has 0 aliphatic rings. The molecule has 2 aromatic rings. The van der Waals surface area contributed by atoms with E-state index in [0.717, 1.165) is 11.1 Å². The van der Waals surface area contributed by atoms with Gasteiger partial charge in [-0.25, -0.2) is 5.06 Å². The van der Waals surface area contributed by atoms with E-state index in [1.165, 1.54) is 28.7 Å². The number of amides is 1. The quantitative estimate of drug-likeness (QED) is 0.473. The summed E-state index contributed by atoms with van der Waals surface area (Å²) >= 11 is 1.73. The van der Waals surface area contributed by atoms with Crippen molar-refractivity contribution >= 4 is 23.7 Å². The highest BCUT2D eigenvalue weighted by Crippen LogP contribution is 2.24. The summed E-state index contributed by atoms with van der Waals surface area (Å²) in [5.41, 5.74) is 3.33. The smallest absolute Gasteiger partial charge is 0.269 e. The van der Waals surface area contributed by atoms with E-state index in [2.05, 4.69) is 42.7 Å². The lowest BCUT2D eigenvalue weighted by Crippen LogP contribution is -2.22. The number of nitrogens with zero attached hydrogens (tertiary/aromatic N) is 1. The third-order valence-corrected chi connectivity index (χ3v) is 4.04. The van der Waals surface area contributed by atoms with Crippen LogP contribution in [0, 0.1) is 0 Å². The van der Waals surface area contributed by atoms with Crippen molar-refractivity contribution < 1.29 is 9.63 Å². The average molecular weight is 313 g/mol. The molecule has 0 aliphatic carbocycles. The van der Waals surface area contributed by atoms with Crippen molar-refractivity contribution in [1.29, 1.82) is 0 Å². The highest BCUT2D eigenvalue weighted by molar-refractivity contribution is 7.98. The summed E-state index contributed by atoms with van der Waals surface area (Å²) in [6, 6.07) is 16.5. The van der Waals surface area contributed by atoms with Gasteiger partial charge in [-0.05, 0) is 41.2 Å². The van der Waals surface area contributed by atoms with Gasteiger partial charge < -0.3 is 0 Å². The van der Waals surface area contributed by atoms with Crippen LogP contribution in [0.25, 0.3) is 17.2 Å². The second-order valence-corrected chi connectivity index (χ2v) is 5.59. The summed E-state index contributed by atoms with van der Waals surface area (Å²) in [5.74, 6) is -0.195. The third kappa shape index (κ3) is 4.23. The summed E-state index contributed by atoms with van der Waals surface area (Å²) < 4.78 is 0. The minimum atomic E-state index is -0.195. The van der Waals surface area contributed by atoms with Crippen LogP contribution in [0.1, 0.15) is 5.56 Å². The summed E-state index contributed by atoms with van der Waals surface area (Å²) in [4.78, 5) is 17.7. The van der Waals surface area contributed by atoms with Crippen LogP contribution in [0.4, 0.5) is 0 Å². The maximum Gasteiger partial charge on any atom is 0.269 e. The number of carbonyl (C=O) groups excluding carboxylic acids is 1. The topological polar surface area (TPSA) is 29.5 Å². The number of carbonyl (C=O) groups is 1. The Morgan fingerprint density at radius 2 is 1.86 bits per heavy atom. The van der Waals surface area contributed by atoms with Gasteiger partial charge in [0.25, 0.3) is 5.91 Å². The molecular formula is C18H19NO2S. The highest BCUT2D eigenvalue weighted by atomic mass is 32.2. The van der Waals surface area contributed by atoms with E-state index in [1.54, 1.807) is 24.9 Å². The molecule has 0 spiro atoms. The van der Waals surface area contributed by atoms with Crippen molar-refractivity contribution in [2.75, 3.05) is 20.4 Å². The molecule has 0 heterocycles. The summed E-state index contributed by atoms with van der Waals surface area (Å²) in [7, 11) is 3.04. The molecule has 3 nitrogen and oxygen atoms in total. The standard InChI is InChI=1S/C18H19NO2S/c1-19(21-2)18(20)12-9-14-7-10-15(11-8-14)16-5-4-6-17(13-16)22-3/h4-13H,1-3H3/b12-9+. The Balaban J connectivity index is 2.13. The van der Waals surface area contributed by atoms with Crippen LogP contribution >= 0.6 is 11.8 Å². The van der Waals surface area contributed by atoms with Gasteiger partial charge in [0.05, 0.1) is 7.11 Å². The van der Waals surface area contributed by atoms with Crippen LogP contribution in [0.3, 0.4) is 0 Å². The SMILES string of the molecule is CON(C)C(=O)/C=C/c1ccc(-c2cccc(SC)c2)cc1. The van der Waals surface area contributed by atoms with Gasteiger partial charge in [-0.2, -0.15) is 0 Å². The molecule has 1 amide bonds. The molecule has 22 heavy (non-hydrogen) atoms. The monoisotopic (exact) mass is 313 g/mol. The maximum atomic E-state index is 11.6. The second kappa shape index (κ2) is 7.82. The molecular weight excluding hydrogens is 294 g/mol. The molecule has 0 N–H and O–H groups in total. The average Bonchev–Trinajstić information content (AvgIpc) is 2.59. The van der Waals surface area contributed by atoms with Gasteiger partial charge in [0, 0.05) is 18.0 Å². The molecule has 0 fully saturated rings. The van der Waals surface area contributed by atoms with Crippen LogP contribution in [0.5, 0.6) is 0 Å². The molecule has 0 saturated carbocycles. The Bertz CT molecular complexity index is 665. The van der Waals surface area contributed by atoms with Crippen molar-refractivity contribution in [2.24, 2.45) is 0 Å². The first kappa shape index (κ1) is 16.3. The predicted octanol–water partition coefficient (Wildman–Crippen LogP) is 4.11. The zero-order valence-corrected chi connectivity index (χ0v) is 13.8. The third-order valence-electron chi connectivity index (χ3n) is 3.32. The highest BCUT2D eigenvalue weighted by Gasteiger charge is 2.02. The van der Waals surface area contributed by atoms with Gasteiger partial charge in [0.2, 0.25) is 0 Å². The van der Waals surface area contributed by atoms with E-state index in [9.17, 15) is 4.79 Å². The summed E-state index contributed by atoms with van der Waals surface area (Å²) in [6.45, 7) is 0. The fourth-order valence-corrected chi connectivity index (χ4v) is 2.41. The first-order valence-corrected chi connectivity index (χ1v) is 8.11. The van der Waals surface area contributed by atoms with Gasteiger partial charge in [-0.1, -0.05) is 36.4 Å². The number of thioether (sulfide) groups is 1. The van der Waals surface area contributed by atoms with Gasteiger partial charge in [0.15, 0.2) is 0 Å². The molecule has 114 valence electrons. The summed E-state index contributed by atoms with van der Waals surface area (Å²) in [6.07, 6.45) is 5.34. The first-order chi connectivity index (χ1) is 10.6. The molecule has 0 unspecified atom stereocenters. The normalized spacial score (nSPS) is 10.9. The Labute approximate surface area is 135 Å². The van der Waals surface area contributed by atoms with Gasteiger partial charge in [-0.15, -0.1) is 11.8 Å². The van der Waals surface area contributed by atoms with Crippen LogP contribution in [-0.2, 0) is 9.63 Å². The molecule has 2 aromatic carbocycles. The zero-order valence-electron chi connectivity index (χ0n) is 12.9. The lowest BCUT2D eigenvalue weighted by Gasteiger charge is -2.10. The molecule has 0 aliphatic heterocycles. The van der Waals surface area contributed by atoms with E-state index in [4.69, 9.17) is 4.84 Å². The first-order valence-electron chi connectivity index (χ1n) is 6.88. The van der Waals surface area contributed by atoms with Crippen LogP contribution in [-0.4, -0.2) is 31.4 Å². The van der Waals surface area contributed by atoms with Gasteiger partial charge in [0.1, 0.15) is 0 Å². The number of hydrogen-bond donors (Lipinski definition) is 0. The van der Waals surface area contributed by atoms with E-state index in [1.807, 2.05) is 12.1 Å². The number of likely N-dealkylation sites (N-methyl/N-ethyl adjacent to an activating group) is 1. The zero-order chi connectivity index (χ0) is 15.9. The van der Waals surface area contributed by atoms with Crippen LogP contribution < -0.4 is 0 Å². The van der Waals surface area contributed by atoms with Crippen LogP contribution in [0.15, 0.2) is 59.5 Å². The molecule has 0 radical (unpaired) electrons. The summed E-state index contributed by atoms with van der Waals surface area (Å²) in [5, 5.41) is 1.18. The number of benzene rings is 2. The minimum absolute atomic E-state index is 0.195. The predicted molar refractivity (Wildman–Crippen MR) is 92.5 cm³/mol. The maximum absolute atomic E-state index is 11.6. The van der Waals surface area contributed by atoms with E-state index < -0.39 is 0 Å². The second-order valence-electron chi connectivity index (χ2n) is 4.71. The molecule has 0 aromatic heterocycles. The lowest BCUT2D eigenvalue weighted by molar-refractivity contribution is -0.162.